The van der Waals surface area contributed by atoms with Gasteiger partial charge in [-0.1, -0.05) is 13.0 Å². The van der Waals surface area contributed by atoms with Crippen LogP contribution in [0.5, 0.6) is 11.5 Å². The predicted octanol–water partition coefficient (Wildman–Crippen LogP) is 0.991. The average molecular weight is 226 g/mol. The Morgan fingerprint density at radius 3 is 2.38 bits per heavy atom. The quantitative estimate of drug-likeness (QED) is 0.728. The van der Waals surface area contributed by atoms with Crippen molar-refractivity contribution in [3.63, 3.8) is 0 Å². The molecule has 0 saturated heterocycles. The van der Waals surface area contributed by atoms with Crippen LogP contribution in [0.15, 0.2) is 18.2 Å². The molecule has 0 atom stereocenters. The van der Waals surface area contributed by atoms with Crippen LogP contribution in [0.25, 0.3) is 0 Å². The van der Waals surface area contributed by atoms with Crippen molar-refractivity contribution >= 4 is 0 Å². The molecule has 0 fully saturated rings. The zero-order chi connectivity index (χ0) is 11.8. The van der Waals surface area contributed by atoms with E-state index in [2.05, 4.69) is 0 Å². The van der Waals surface area contributed by atoms with Gasteiger partial charge in [0.25, 0.3) is 0 Å². The van der Waals surface area contributed by atoms with E-state index in [1.54, 1.807) is 6.07 Å². The molecule has 0 spiro atoms. The maximum atomic E-state index is 8.71. The Labute approximate surface area is 95.4 Å². The van der Waals surface area contributed by atoms with Crippen LogP contribution in [0.3, 0.4) is 0 Å². The summed E-state index contributed by atoms with van der Waals surface area (Å²) in [6.45, 7) is 2.56. The first-order chi connectivity index (χ1) is 7.81. The molecular formula is C12H18O4. The molecule has 0 radical (unpaired) electrons. The van der Waals surface area contributed by atoms with E-state index in [0.717, 1.165) is 17.7 Å². The second-order valence-corrected chi connectivity index (χ2v) is 3.27. The minimum absolute atomic E-state index is 0.00905. The van der Waals surface area contributed by atoms with Crippen molar-refractivity contribution in [3.05, 3.63) is 23.8 Å². The van der Waals surface area contributed by atoms with E-state index in [1.807, 2.05) is 19.1 Å². The molecule has 4 nitrogen and oxygen atoms in total. The number of aryl methyl sites for hydroxylation is 1. The van der Waals surface area contributed by atoms with E-state index in [1.165, 1.54) is 0 Å². The second-order valence-electron chi connectivity index (χ2n) is 3.27. The lowest BCUT2D eigenvalue weighted by Crippen LogP contribution is -2.05. The van der Waals surface area contributed by atoms with Crippen LogP contribution in [-0.2, 0) is 6.42 Å². The van der Waals surface area contributed by atoms with Gasteiger partial charge >= 0.3 is 0 Å². The first kappa shape index (κ1) is 12.8. The molecule has 16 heavy (non-hydrogen) atoms. The first-order valence-corrected chi connectivity index (χ1v) is 5.42. The molecule has 0 aliphatic carbocycles. The Balaban J connectivity index is 2.74. The maximum absolute atomic E-state index is 8.71. The van der Waals surface area contributed by atoms with Gasteiger partial charge in [-0.3, -0.25) is 0 Å². The van der Waals surface area contributed by atoms with Crippen molar-refractivity contribution in [2.45, 2.75) is 13.3 Å². The van der Waals surface area contributed by atoms with Gasteiger partial charge in [0.15, 0.2) is 0 Å². The SMILES string of the molecule is CCc1ccc(OCCO)cc1OCCO. The number of rotatable bonds is 7. The van der Waals surface area contributed by atoms with E-state index in [0.29, 0.717) is 5.75 Å². The van der Waals surface area contributed by atoms with Crippen LogP contribution < -0.4 is 9.47 Å². The Kier molecular flexibility index (Phi) is 5.67. The van der Waals surface area contributed by atoms with Crippen LogP contribution >= 0.6 is 0 Å². The van der Waals surface area contributed by atoms with Gasteiger partial charge in [-0.05, 0) is 18.1 Å². The third kappa shape index (κ3) is 3.72. The molecule has 0 saturated carbocycles. The highest BCUT2D eigenvalue weighted by molar-refractivity contribution is 5.40. The molecule has 1 rings (SSSR count). The van der Waals surface area contributed by atoms with E-state index in [-0.39, 0.29) is 26.4 Å². The molecule has 4 heteroatoms. The zero-order valence-corrected chi connectivity index (χ0v) is 9.48. The molecule has 90 valence electrons. The van der Waals surface area contributed by atoms with Gasteiger partial charge in [-0.25, -0.2) is 0 Å². The maximum Gasteiger partial charge on any atom is 0.126 e. The Bertz CT molecular complexity index is 312. The summed E-state index contributed by atoms with van der Waals surface area (Å²) in [6, 6.07) is 5.56. The number of hydrogen-bond acceptors (Lipinski definition) is 4. The number of ether oxygens (including phenoxy) is 2. The van der Waals surface area contributed by atoms with Gasteiger partial charge in [-0.2, -0.15) is 0 Å². The fourth-order valence-electron chi connectivity index (χ4n) is 1.37. The largest absolute Gasteiger partial charge is 0.491 e. The molecular weight excluding hydrogens is 208 g/mol. The second kappa shape index (κ2) is 7.09. The van der Waals surface area contributed by atoms with E-state index in [9.17, 15) is 0 Å². The van der Waals surface area contributed by atoms with Crippen molar-refractivity contribution < 1.29 is 19.7 Å². The van der Waals surface area contributed by atoms with Gasteiger partial charge in [0.05, 0.1) is 13.2 Å². The summed E-state index contributed by atoms with van der Waals surface area (Å²) in [4.78, 5) is 0. The van der Waals surface area contributed by atoms with E-state index in [4.69, 9.17) is 19.7 Å². The molecule has 0 amide bonds. The van der Waals surface area contributed by atoms with Crippen LogP contribution in [0.4, 0.5) is 0 Å². The van der Waals surface area contributed by atoms with Gasteiger partial charge in [0.1, 0.15) is 24.7 Å². The molecule has 0 unspecified atom stereocenters. The van der Waals surface area contributed by atoms with E-state index >= 15 is 0 Å². The lowest BCUT2D eigenvalue weighted by molar-refractivity contribution is 0.194. The number of aliphatic hydroxyl groups excluding tert-OH is 2. The van der Waals surface area contributed by atoms with Crippen molar-refractivity contribution in [1.82, 2.24) is 0 Å². The Morgan fingerprint density at radius 1 is 1.06 bits per heavy atom. The summed E-state index contributed by atoms with van der Waals surface area (Å²) in [5, 5.41) is 17.4. The van der Waals surface area contributed by atoms with Gasteiger partial charge < -0.3 is 19.7 Å². The normalized spacial score (nSPS) is 10.2. The van der Waals surface area contributed by atoms with Crippen LogP contribution in [0.2, 0.25) is 0 Å². The molecule has 1 aromatic carbocycles. The van der Waals surface area contributed by atoms with Crippen molar-refractivity contribution in [1.29, 1.82) is 0 Å². The zero-order valence-electron chi connectivity index (χ0n) is 9.48. The highest BCUT2D eigenvalue weighted by Gasteiger charge is 2.04. The third-order valence-electron chi connectivity index (χ3n) is 2.13. The summed E-state index contributed by atoms with van der Waals surface area (Å²) >= 11 is 0. The fraction of sp³-hybridized carbons (Fsp3) is 0.500. The third-order valence-corrected chi connectivity index (χ3v) is 2.13. The summed E-state index contributed by atoms with van der Waals surface area (Å²) in [5.74, 6) is 1.39. The minimum Gasteiger partial charge on any atom is -0.491 e. The molecule has 0 aliphatic heterocycles. The summed E-state index contributed by atoms with van der Waals surface area (Å²) in [6.07, 6.45) is 0.862. The number of benzene rings is 1. The molecule has 1 aromatic rings. The lowest BCUT2D eigenvalue weighted by atomic mass is 10.1. The molecule has 0 aliphatic rings. The van der Waals surface area contributed by atoms with Crippen LogP contribution in [0.1, 0.15) is 12.5 Å². The van der Waals surface area contributed by atoms with Gasteiger partial charge in [0, 0.05) is 6.07 Å². The van der Waals surface area contributed by atoms with Crippen LogP contribution in [0, 0.1) is 0 Å². The number of hydrogen-bond donors (Lipinski definition) is 2. The molecule has 0 heterocycles. The standard InChI is InChI=1S/C12H18O4/c1-2-10-3-4-11(15-7-5-13)9-12(10)16-8-6-14/h3-4,9,13-14H,2,5-8H2,1H3. The first-order valence-electron chi connectivity index (χ1n) is 5.42. The Morgan fingerprint density at radius 2 is 1.75 bits per heavy atom. The van der Waals surface area contributed by atoms with Crippen LogP contribution in [-0.4, -0.2) is 36.6 Å². The number of aliphatic hydroxyl groups is 2. The summed E-state index contributed by atoms with van der Waals surface area (Å²) in [5.41, 5.74) is 1.07. The van der Waals surface area contributed by atoms with Crippen molar-refractivity contribution in [2.75, 3.05) is 26.4 Å². The summed E-state index contributed by atoms with van der Waals surface area (Å²) in [7, 11) is 0. The van der Waals surface area contributed by atoms with Gasteiger partial charge in [0.2, 0.25) is 0 Å². The molecule has 0 aromatic heterocycles. The van der Waals surface area contributed by atoms with Crippen molar-refractivity contribution in [2.24, 2.45) is 0 Å². The highest BCUT2D eigenvalue weighted by atomic mass is 16.5. The summed E-state index contributed by atoms with van der Waals surface area (Å²) < 4.78 is 10.7. The van der Waals surface area contributed by atoms with E-state index < -0.39 is 0 Å². The Hall–Kier alpha value is -1.26. The molecule has 0 bridgehead atoms. The smallest absolute Gasteiger partial charge is 0.126 e. The lowest BCUT2D eigenvalue weighted by Gasteiger charge is -2.12. The highest BCUT2D eigenvalue weighted by Crippen LogP contribution is 2.25. The average Bonchev–Trinajstić information content (AvgIpc) is 2.33. The minimum atomic E-state index is -0.0115. The molecule has 2 N–H and O–H groups in total. The monoisotopic (exact) mass is 226 g/mol. The predicted molar refractivity (Wildman–Crippen MR) is 61.0 cm³/mol. The van der Waals surface area contributed by atoms with Gasteiger partial charge in [-0.15, -0.1) is 0 Å². The van der Waals surface area contributed by atoms with Crippen molar-refractivity contribution in [3.8, 4) is 11.5 Å². The fourth-order valence-corrected chi connectivity index (χ4v) is 1.37. The topological polar surface area (TPSA) is 58.9 Å².